The number of rotatable bonds is 9. The van der Waals surface area contributed by atoms with Crippen molar-refractivity contribution < 1.29 is 19.0 Å². The summed E-state index contributed by atoms with van der Waals surface area (Å²) in [5.74, 6) is 3.22. The Morgan fingerprint density at radius 3 is 2.51 bits per heavy atom. The number of hydrogen-bond donors (Lipinski definition) is 1. The minimum atomic E-state index is -0.134. The molecule has 0 fully saturated rings. The first-order chi connectivity index (χ1) is 18.1. The van der Waals surface area contributed by atoms with Crippen LogP contribution in [0.2, 0.25) is 0 Å². The maximum Gasteiger partial charge on any atom is 0.253 e. The number of imidazole rings is 1. The second-order valence-electron chi connectivity index (χ2n) is 8.90. The summed E-state index contributed by atoms with van der Waals surface area (Å²) in [7, 11) is 1.64. The average Bonchev–Trinajstić information content (AvgIpc) is 3.32. The summed E-state index contributed by atoms with van der Waals surface area (Å²) in [5.41, 5.74) is 4.52. The van der Waals surface area contributed by atoms with Crippen molar-refractivity contribution in [3.8, 4) is 17.2 Å². The number of fused-ring (bicyclic) bond motifs is 2. The van der Waals surface area contributed by atoms with Gasteiger partial charge < -0.3 is 24.4 Å². The monoisotopic (exact) mass is 500 g/mol. The Morgan fingerprint density at radius 1 is 1.03 bits per heavy atom. The Balaban J connectivity index is 1.39. The minimum Gasteiger partial charge on any atom is -0.497 e. The molecule has 1 aliphatic rings. The van der Waals surface area contributed by atoms with Gasteiger partial charge in [-0.3, -0.25) is 9.20 Å². The normalized spacial score (nSPS) is 12.4. The summed E-state index contributed by atoms with van der Waals surface area (Å²) in [6, 6.07) is 17.5. The van der Waals surface area contributed by atoms with Crippen LogP contribution in [0.3, 0.4) is 0 Å². The van der Waals surface area contributed by atoms with Gasteiger partial charge in [-0.2, -0.15) is 0 Å². The van der Waals surface area contributed by atoms with Crippen LogP contribution in [-0.4, -0.2) is 42.2 Å². The molecule has 0 unspecified atom stereocenters. The van der Waals surface area contributed by atoms with Gasteiger partial charge in [0, 0.05) is 25.8 Å². The zero-order valence-corrected chi connectivity index (χ0v) is 21.5. The quantitative estimate of drug-likeness (QED) is 0.361. The van der Waals surface area contributed by atoms with E-state index in [4.69, 9.17) is 19.2 Å². The van der Waals surface area contributed by atoms with Crippen LogP contribution < -0.4 is 24.4 Å². The number of methoxy groups -OCH3 is 1. The highest BCUT2D eigenvalue weighted by Crippen LogP contribution is 2.32. The zero-order valence-electron chi connectivity index (χ0n) is 21.5. The molecule has 1 aliphatic heterocycles. The molecule has 8 nitrogen and oxygen atoms in total. The molecule has 0 saturated heterocycles. The summed E-state index contributed by atoms with van der Waals surface area (Å²) < 4.78 is 18.7. The van der Waals surface area contributed by atoms with Gasteiger partial charge in [0.25, 0.3) is 5.91 Å². The standard InChI is InChI=1S/C29H32N4O4/c1-4-24-29(32(5-2)18-21-8-12-25-26(16-21)37-15-14-36-25)33-19-22(9-13-27(33)31-24)28(34)30-17-20-6-10-23(35-3)11-7-20/h6-13,16,19H,4-5,14-15,17-18H2,1-3H3,(H,30,34). The van der Waals surface area contributed by atoms with E-state index in [1.165, 1.54) is 0 Å². The highest BCUT2D eigenvalue weighted by Gasteiger charge is 2.20. The first kappa shape index (κ1) is 24.5. The summed E-state index contributed by atoms with van der Waals surface area (Å²) in [4.78, 5) is 20.2. The van der Waals surface area contributed by atoms with Crippen LogP contribution >= 0.6 is 0 Å². The number of nitrogens with zero attached hydrogens (tertiary/aromatic N) is 3. The SMILES string of the molecule is CCc1nc2ccc(C(=O)NCc3ccc(OC)cc3)cn2c1N(CC)Cc1ccc2c(c1)OCCO2. The van der Waals surface area contributed by atoms with E-state index in [9.17, 15) is 4.79 Å². The molecule has 2 aromatic carbocycles. The number of aromatic nitrogens is 2. The minimum absolute atomic E-state index is 0.134. The van der Waals surface area contributed by atoms with Crippen LogP contribution in [0.25, 0.3) is 5.65 Å². The van der Waals surface area contributed by atoms with Crippen molar-refractivity contribution in [1.29, 1.82) is 0 Å². The fraction of sp³-hybridized carbons (Fsp3) is 0.310. The molecule has 5 rings (SSSR count). The molecule has 0 spiro atoms. The number of carbonyl (C=O) groups is 1. The number of hydrogen-bond acceptors (Lipinski definition) is 6. The number of ether oxygens (including phenoxy) is 3. The van der Waals surface area contributed by atoms with Crippen LogP contribution in [0.15, 0.2) is 60.8 Å². The number of anilines is 1. The lowest BCUT2D eigenvalue weighted by Gasteiger charge is -2.25. The van der Waals surface area contributed by atoms with Crippen LogP contribution in [0.4, 0.5) is 5.82 Å². The van der Waals surface area contributed by atoms with Crippen LogP contribution in [0.1, 0.15) is 41.0 Å². The van der Waals surface area contributed by atoms with Crippen molar-refractivity contribution >= 4 is 17.4 Å². The molecule has 8 heteroatoms. The molecule has 1 N–H and O–H groups in total. The first-order valence-electron chi connectivity index (χ1n) is 12.6. The van der Waals surface area contributed by atoms with Crippen molar-refractivity contribution in [2.45, 2.75) is 33.4 Å². The Morgan fingerprint density at radius 2 is 1.78 bits per heavy atom. The van der Waals surface area contributed by atoms with E-state index in [-0.39, 0.29) is 5.91 Å². The molecule has 0 saturated carbocycles. The summed E-state index contributed by atoms with van der Waals surface area (Å²) in [6.45, 7) is 7.26. The number of amides is 1. The number of carbonyl (C=O) groups excluding carboxylic acids is 1. The lowest BCUT2D eigenvalue weighted by atomic mass is 10.1. The topological polar surface area (TPSA) is 77.3 Å². The van der Waals surface area contributed by atoms with Crippen LogP contribution in [-0.2, 0) is 19.5 Å². The van der Waals surface area contributed by atoms with Crippen molar-refractivity contribution in [1.82, 2.24) is 14.7 Å². The maximum atomic E-state index is 13.0. The maximum absolute atomic E-state index is 13.0. The molecule has 0 atom stereocenters. The molecular weight excluding hydrogens is 468 g/mol. The van der Waals surface area contributed by atoms with Crippen molar-refractivity contribution in [2.75, 3.05) is 31.8 Å². The Labute approximate surface area is 216 Å². The van der Waals surface area contributed by atoms with Gasteiger partial charge in [0.1, 0.15) is 30.4 Å². The van der Waals surface area contributed by atoms with Crippen molar-refractivity contribution in [3.63, 3.8) is 0 Å². The van der Waals surface area contributed by atoms with Crippen LogP contribution in [0.5, 0.6) is 17.2 Å². The number of benzene rings is 2. The average molecular weight is 501 g/mol. The molecule has 1 amide bonds. The summed E-state index contributed by atoms with van der Waals surface area (Å²) in [6.07, 6.45) is 2.67. The third-order valence-electron chi connectivity index (χ3n) is 6.53. The summed E-state index contributed by atoms with van der Waals surface area (Å²) in [5, 5.41) is 3.02. The Hall–Kier alpha value is -4.20. The lowest BCUT2D eigenvalue weighted by molar-refractivity contribution is 0.0950. The van der Waals surface area contributed by atoms with Crippen molar-refractivity contribution in [2.24, 2.45) is 0 Å². The molecule has 4 aromatic rings. The second-order valence-corrected chi connectivity index (χ2v) is 8.90. The van der Waals surface area contributed by atoms with E-state index in [2.05, 4.69) is 30.1 Å². The highest BCUT2D eigenvalue weighted by molar-refractivity contribution is 5.94. The van der Waals surface area contributed by atoms with E-state index in [0.29, 0.717) is 31.9 Å². The van der Waals surface area contributed by atoms with E-state index >= 15 is 0 Å². The molecule has 0 bridgehead atoms. The fourth-order valence-electron chi connectivity index (χ4n) is 4.56. The first-order valence-corrected chi connectivity index (χ1v) is 12.6. The Kier molecular flexibility index (Phi) is 7.16. The van der Waals surface area contributed by atoms with E-state index in [1.807, 2.05) is 59.1 Å². The predicted molar refractivity (Wildman–Crippen MR) is 143 cm³/mol. The largest absolute Gasteiger partial charge is 0.497 e. The van der Waals surface area contributed by atoms with Crippen LogP contribution in [0, 0.1) is 0 Å². The third-order valence-corrected chi connectivity index (χ3v) is 6.53. The molecular formula is C29H32N4O4. The number of nitrogens with one attached hydrogen (secondary N) is 1. The van der Waals surface area contributed by atoms with Gasteiger partial charge in [0.15, 0.2) is 11.5 Å². The molecule has 0 aliphatic carbocycles. The van der Waals surface area contributed by atoms with Gasteiger partial charge in [-0.15, -0.1) is 0 Å². The number of pyridine rings is 1. The molecule has 192 valence electrons. The zero-order chi connectivity index (χ0) is 25.8. The molecule has 2 aromatic heterocycles. The van der Waals surface area contributed by atoms with Gasteiger partial charge >= 0.3 is 0 Å². The molecule has 0 radical (unpaired) electrons. The third kappa shape index (κ3) is 5.18. The van der Waals surface area contributed by atoms with Gasteiger partial charge in [0.2, 0.25) is 0 Å². The van der Waals surface area contributed by atoms with Gasteiger partial charge in [-0.25, -0.2) is 4.98 Å². The van der Waals surface area contributed by atoms with Gasteiger partial charge in [-0.05, 0) is 60.9 Å². The smallest absolute Gasteiger partial charge is 0.253 e. The molecule has 37 heavy (non-hydrogen) atoms. The van der Waals surface area contributed by atoms with Gasteiger partial charge in [0.05, 0.1) is 18.4 Å². The Bertz CT molecular complexity index is 1400. The van der Waals surface area contributed by atoms with E-state index < -0.39 is 0 Å². The summed E-state index contributed by atoms with van der Waals surface area (Å²) >= 11 is 0. The van der Waals surface area contributed by atoms with Crippen molar-refractivity contribution in [3.05, 3.63) is 83.2 Å². The predicted octanol–water partition coefficient (Wildman–Crippen LogP) is 4.63. The van der Waals surface area contributed by atoms with E-state index in [1.54, 1.807) is 7.11 Å². The van der Waals surface area contributed by atoms with E-state index in [0.717, 1.165) is 58.5 Å². The lowest BCUT2D eigenvalue weighted by Crippen LogP contribution is -2.26. The molecule has 3 heterocycles. The second kappa shape index (κ2) is 10.8. The fourth-order valence-corrected chi connectivity index (χ4v) is 4.56. The highest BCUT2D eigenvalue weighted by atomic mass is 16.6. The van der Waals surface area contributed by atoms with Gasteiger partial charge in [-0.1, -0.05) is 25.1 Å². The number of aryl methyl sites for hydroxylation is 1.